The van der Waals surface area contributed by atoms with Crippen LogP contribution in [-0.2, 0) is 6.54 Å². The Labute approximate surface area is 138 Å². The Bertz CT molecular complexity index is 1060. The minimum Gasteiger partial charge on any atom is -0.351 e. The lowest BCUT2D eigenvalue weighted by Crippen LogP contribution is -2.10. The molecule has 0 spiro atoms. The molecule has 2 heterocycles. The zero-order chi connectivity index (χ0) is 16.7. The first kappa shape index (κ1) is 14.5. The third kappa shape index (κ3) is 2.25. The van der Waals surface area contributed by atoms with Crippen molar-refractivity contribution in [3.8, 4) is 0 Å². The van der Waals surface area contributed by atoms with Crippen LogP contribution >= 0.6 is 0 Å². The molecule has 0 fully saturated rings. The van der Waals surface area contributed by atoms with Crippen molar-refractivity contribution in [3.63, 3.8) is 0 Å². The van der Waals surface area contributed by atoms with E-state index in [4.69, 9.17) is 4.52 Å². The number of carbonyl (C=O) groups is 1. The van der Waals surface area contributed by atoms with Crippen LogP contribution < -0.4 is 5.32 Å². The SMILES string of the molecule is CCn1c2ccccc2c2cc(NC(=O)c3cc(C)no3)ccc21. The van der Waals surface area contributed by atoms with Gasteiger partial charge in [0.15, 0.2) is 0 Å². The summed E-state index contributed by atoms with van der Waals surface area (Å²) >= 11 is 0. The lowest BCUT2D eigenvalue weighted by molar-refractivity contribution is 0.0988. The smallest absolute Gasteiger partial charge is 0.294 e. The summed E-state index contributed by atoms with van der Waals surface area (Å²) in [5.41, 5.74) is 3.78. The van der Waals surface area contributed by atoms with Gasteiger partial charge in [-0.3, -0.25) is 4.79 Å². The molecule has 2 aromatic heterocycles. The highest BCUT2D eigenvalue weighted by atomic mass is 16.5. The topological polar surface area (TPSA) is 60.1 Å². The molecule has 120 valence electrons. The van der Waals surface area contributed by atoms with Gasteiger partial charge in [0, 0.05) is 40.1 Å². The largest absolute Gasteiger partial charge is 0.351 e. The van der Waals surface area contributed by atoms with Crippen LogP contribution in [0.1, 0.15) is 23.2 Å². The Balaban J connectivity index is 1.78. The summed E-state index contributed by atoms with van der Waals surface area (Å²) in [5.74, 6) is -0.0854. The van der Waals surface area contributed by atoms with E-state index in [0.29, 0.717) is 5.69 Å². The van der Waals surface area contributed by atoms with Crippen molar-refractivity contribution in [3.05, 3.63) is 60.0 Å². The number of hydrogen-bond donors (Lipinski definition) is 1. The van der Waals surface area contributed by atoms with Gasteiger partial charge in [0.25, 0.3) is 5.91 Å². The second-order valence-corrected chi connectivity index (χ2v) is 5.78. The monoisotopic (exact) mass is 319 g/mol. The van der Waals surface area contributed by atoms with E-state index < -0.39 is 0 Å². The van der Waals surface area contributed by atoms with Gasteiger partial charge in [-0.05, 0) is 38.1 Å². The van der Waals surface area contributed by atoms with Crippen LogP contribution in [0.5, 0.6) is 0 Å². The second-order valence-electron chi connectivity index (χ2n) is 5.78. The van der Waals surface area contributed by atoms with Crippen LogP contribution in [-0.4, -0.2) is 15.6 Å². The highest BCUT2D eigenvalue weighted by Crippen LogP contribution is 2.31. The van der Waals surface area contributed by atoms with Gasteiger partial charge in [0.2, 0.25) is 5.76 Å². The highest BCUT2D eigenvalue weighted by molar-refractivity contribution is 6.10. The number of fused-ring (bicyclic) bond motifs is 3. The van der Waals surface area contributed by atoms with Crippen LogP contribution in [0.15, 0.2) is 53.1 Å². The Morgan fingerprint density at radius 1 is 1.12 bits per heavy atom. The molecule has 5 heteroatoms. The standard InChI is InChI=1S/C19H17N3O2/c1-3-22-16-7-5-4-6-14(16)15-11-13(8-9-17(15)22)20-19(23)18-10-12(2)21-24-18/h4-11H,3H2,1-2H3,(H,20,23). The van der Waals surface area contributed by atoms with Gasteiger partial charge in [-0.25, -0.2) is 0 Å². The van der Waals surface area contributed by atoms with Gasteiger partial charge in [0.05, 0.1) is 5.69 Å². The minimum absolute atomic E-state index is 0.212. The normalized spacial score (nSPS) is 11.2. The minimum atomic E-state index is -0.297. The van der Waals surface area contributed by atoms with E-state index >= 15 is 0 Å². The number of nitrogens with one attached hydrogen (secondary N) is 1. The first-order chi connectivity index (χ1) is 11.7. The van der Waals surface area contributed by atoms with E-state index in [9.17, 15) is 4.79 Å². The maximum absolute atomic E-state index is 12.2. The van der Waals surface area contributed by atoms with Crippen LogP contribution in [0.3, 0.4) is 0 Å². The summed E-state index contributed by atoms with van der Waals surface area (Å²) < 4.78 is 7.29. The molecule has 0 atom stereocenters. The summed E-state index contributed by atoms with van der Waals surface area (Å²) in [7, 11) is 0. The first-order valence-corrected chi connectivity index (χ1v) is 7.93. The molecule has 2 aromatic carbocycles. The van der Waals surface area contributed by atoms with Crippen molar-refractivity contribution < 1.29 is 9.32 Å². The number of anilines is 1. The van der Waals surface area contributed by atoms with Gasteiger partial charge < -0.3 is 14.4 Å². The quantitative estimate of drug-likeness (QED) is 0.610. The number of para-hydroxylation sites is 1. The summed E-state index contributed by atoms with van der Waals surface area (Å²) in [6, 6.07) is 15.9. The van der Waals surface area contributed by atoms with Crippen molar-refractivity contribution in [1.29, 1.82) is 0 Å². The zero-order valence-electron chi connectivity index (χ0n) is 13.5. The van der Waals surface area contributed by atoms with Gasteiger partial charge in [0.1, 0.15) is 0 Å². The van der Waals surface area contributed by atoms with E-state index in [2.05, 4.69) is 34.1 Å². The molecule has 0 aliphatic rings. The molecule has 4 rings (SSSR count). The van der Waals surface area contributed by atoms with Crippen LogP contribution in [0, 0.1) is 6.92 Å². The van der Waals surface area contributed by atoms with Crippen molar-refractivity contribution >= 4 is 33.4 Å². The summed E-state index contributed by atoms with van der Waals surface area (Å²) in [5, 5.41) is 8.92. The lowest BCUT2D eigenvalue weighted by Gasteiger charge is -2.05. The Morgan fingerprint density at radius 3 is 2.67 bits per heavy atom. The van der Waals surface area contributed by atoms with Gasteiger partial charge in [-0.1, -0.05) is 23.4 Å². The van der Waals surface area contributed by atoms with Crippen LogP contribution in [0.4, 0.5) is 5.69 Å². The maximum Gasteiger partial charge on any atom is 0.294 e. The van der Waals surface area contributed by atoms with Gasteiger partial charge in [-0.2, -0.15) is 0 Å². The van der Waals surface area contributed by atoms with Crippen LogP contribution in [0.25, 0.3) is 21.8 Å². The second kappa shape index (κ2) is 5.53. The van der Waals surface area contributed by atoms with E-state index in [1.165, 1.54) is 10.9 Å². The fourth-order valence-corrected chi connectivity index (χ4v) is 3.14. The van der Waals surface area contributed by atoms with Crippen molar-refractivity contribution in [2.75, 3.05) is 5.32 Å². The van der Waals surface area contributed by atoms with Gasteiger partial charge >= 0.3 is 0 Å². The summed E-state index contributed by atoms with van der Waals surface area (Å²) in [6.45, 7) is 4.81. The number of benzene rings is 2. The number of nitrogens with zero attached hydrogens (tertiary/aromatic N) is 2. The Morgan fingerprint density at radius 2 is 1.92 bits per heavy atom. The van der Waals surface area contributed by atoms with E-state index in [1.807, 2.05) is 30.3 Å². The van der Waals surface area contributed by atoms with Crippen molar-refractivity contribution in [2.45, 2.75) is 20.4 Å². The average Bonchev–Trinajstić information content (AvgIpc) is 3.16. The molecule has 0 saturated heterocycles. The molecule has 0 aliphatic heterocycles. The summed E-state index contributed by atoms with van der Waals surface area (Å²) in [6.07, 6.45) is 0. The molecule has 0 bridgehead atoms. The number of rotatable bonds is 3. The molecule has 0 aliphatic carbocycles. The van der Waals surface area contributed by atoms with E-state index in [1.54, 1.807) is 13.0 Å². The van der Waals surface area contributed by atoms with Gasteiger partial charge in [-0.15, -0.1) is 0 Å². The van der Waals surface area contributed by atoms with E-state index in [-0.39, 0.29) is 11.7 Å². The number of amides is 1. The number of carbonyl (C=O) groups excluding carboxylic acids is 1. The van der Waals surface area contributed by atoms with E-state index in [0.717, 1.165) is 23.1 Å². The van der Waals surface area contributed by atoms with Crippen LogP contribution in [0.2, 0.25) is 0 Å². The number of aromatic nitrogens is 2. The molecule has 1 amide bonds. The molecular formula is C19H17N3O2. The molecule has 24 heavy (non-hydrogen) atoms. The third-order valence-electron chi connectivity index (χ3n) is 4.20. The molecule has 0 radical (unpaired) electrons. The van der Waals surface area contributed by atoms with Crippen molar-refractivity contribution in [2.24, 2.45) is 0 Å². The fraction of sp³-hybridized carbons (Fsp3) is 0.158. The first-order valence-electron chi connectivity index (χ1n) is 7.93. The highest BCUT2D eigenvalue weighted by Gasteiger charge is 2.14. The Hall–Kier alpha value is -3.08. The number of aryl methyl sites for hydroxylation is 2. The molecule has 0 unspecified atom stereocenters. The zero-order valence-corrected chi connectivity index (χ0v) is 13.5. The number of hydrogen-bond acceptors (Lipinski definition) is 3. The Kier molecular flexibility index (Phi) is 3.34. The molecule has 1 N–H and O–H groups in total. The maximum atomic E-state index is 12.2. The third-order valence-corrected chi connectivity index (χ3v) is 4.20. The molecular weight excluding hydrogens is 302 g/mol. The molecule has 5 nitrogen and oxygen atoms in total. The molecule has 4 aromatic rings. The van der Waals surface area contributed by atoms with Crippen molar-refractivity contribution in [1.82, 2.24) is 9.72 Å². The average molecular weight is 319 g/mol. The lowest BCUT2D eigenvalue weighted by atomic mass is 10.1. The predicted molar refractivity (Wildman–Crippen MR) is 94.3 cm³/mol. The summed E-state index contributed by atoms with van der Waals surface area (Å²) in [4.78, 5) is 12.2. The fourth-order valence-electron chi connectivity index (χ4n) is 3.14. The predicted octanol–water partition coefficient (Wildman–Crippen LogP) is 4.36. The molecule has 0 saturated carbocycles.